The van der Waals surface area contributed by atoms with Crippen molar-refractivity contribution in [3.8, 4) is 0 Å². The molecule has 1 aromatic heterocycles. The van der Waals surface area contributed by atoms with Crippen LogP contribution >= 0.6 is 0 Å². The van der Waals surface area contributed by atoms with E-state index in [9.17, 15) is 4.79 Å². The summed E-state index contributed by atoms with van der Waals surface area (Å²) in [7, 11) is 0. The van der Waals surface area contributed by atoms with Crippen LogP contribution in [0.15, 0.2) is 41.3 Å². The second-order valence-corrected chi connectivity index (χ2v) is 5.01. The molecule has 0 saturated heterocycles. The number of benzene rings is 1. The first-order valence-corrected chi connectivity index (χ1v) is 6.39. The lowest BCUT2D eigenvalue weighted by molar-refractivity contribution is 0.0956. The number of hydrogen-bond donors (Lipinski definition) is 0. The number of fused-ring (bicyclic) bond motifs is 1. The van der Waals surface area contributed by atoms with E-state index in [0.717, 1.165) is 12.0 Å². The van der Waals surface area contributed by atoms with Gasteiger partial charge in [0.2, 0.25) is 5.89 Å². The maximum absolute atomic E-state index is 12.2. The molecule has 0 bridgehead atoms. The number of hydrogen-bond acceptors (Lipinski definition) is 3. The zero-order valence-corrected chi connectivity index (χ0v) is 10.8. The van der Waals surface area contributed by atoms with Crippen LogP contribution in [-0.2, 0) is 6.42 Å². The van der Waals surface area contributed by atoms with Gasteiger partial charge in [-0.05, 0) is 18.4 Å². The van der Waals surface area contributed by atoms with Crippen LogP contribution in [0.1, 0.15) is 47.0 Å². The predicted octanol–water partition coefficient (Wildman–Crippen LogP) is 3.62. The Morgan fingerprint density at radius 1 is 1.32 bits per heavy atom. The zero-order valence-electron chi connectivity index (χ0n) is 10.8. The average molecular weight is 253 g/mol. The third kappa shape index (κ3) is 2.12. The van der Waals surface area contributed by atoms with Gasteiger partial charge >= 0.3 is 0 Å². The average Bonchev–Trinajstić information content (AvgIpc) is 2.84. The highest BCUT2D eigenvalue weighted by Crippen LogP contribution is 2.33. The Kier molecular flexibility index (Phi) is 2.82. The van der Waals surface area contributed by atoms with Crippen molar-refractivity contribution in [2.45, 2.75) is 25.7 Å². The summed E-state index contributed by atoms with van der Waals surface area (Å²) in [6, 6.07) is 10.1. The number of carbonyl (C=O) groups excluding carboxylic acids is 1. The normalized spacial score (nSPS) is 18.2. The molecule has 3 heteroatoms. The fourth-order valence-electron chi connectivity index (χ4n) is 2.47. The second kappa shape index (κ2) is 4.50. The van der Waals surface area contributed by atoms with Crippen molar-refractivity contribution < 1.29 is 9.21 Å². The van der Waals surface area contributed by atoms with Crippen LogP contribution in [0.25, 0.3) is 5.57 Å². The van der Waals surface area contributed by atoms with E-state index >= 15 is 0 Å². The number of nitrogens with zero attached hydrogens (tertiary/aromatic N) is 1. The van der Waals surface area contributed by atoms with Gasteiger partial charge in [0.15, 0.2) is 5.78 Å². The number of ketones is 1. The summed E-state index contributed by atoms with van der Waals surface area (Å²) in [6.07, 6.45) is 1.23. The fraction of sp³-hybridized carbons (Fsp3) is 0.250. The van der Waals surface area contributed by atoms with E-state index in [0.29, 0.717) is 23.8 Å². The first kappa shape index (κ1) is 11.9. The van der Waals surface area contributed by atoms with Crippen LogP contribution in [0, 0.1) is 0 Å². The summed E-state index contributed by atoms with van der Waals surface area (Å²) in [5.41, 5.74) is 2.42. The molecule has 1 aliphatic carbocycles. The molecule has 1 unspecified atom stereocenters. The van der Waals surface area contributed by atoms with Crippen LogP contribution in [0.2, 0.25) is 0 Å². The minimum Gasteiger partial charge on any atom is -0.441 e. The first-order chi connectivity index (χ1) is 9.15. The molecule has 1 heterocycles. The fourth-order valence-corrected chi connectivity index (χ4v) is 2.47. The highest BCUT2D eigenvalue weighted by molar-refractivity contribution is 5.97. The number of carbonyl (C=O) groups is 1. The summed E-state index contributed by atoms with van der Waals surface area (Å²) in [6.45, 7) is 5.63. The monoisotopic (exact) mass is 253 g/mol. The molecule has 1 aliphatic rings. The lowest BCUT2D eigenvalue weighted by atomic mass is 9.84. The summed E-state index contributed by atoms with van der Waals surface area (Å²) >= 11 is 0. The van der Waals surface area contributed by atoms with Gasteiger partial charge < -0.3 is 4.42 Å². The topological polar surface area (TPSA) is 43.1 Å². The molecule has 0 fully saturated rings. The maximum atomic E-state index is 12.2. The molecule has 2 aromatic rings. The van der Waals surface area contributed by atoms with Crippen molar-refractivity contribution in [1.82, 2.24) is 4.98 Å². The predicted molar refractivity (Wildman–Crippen MR) is 73.0 cm³/mol. The Labute approximate surface area is 112 Å². The molecule has 0 spiro atoms. The Hall–Kier alpha value is -2.16. The molecule has 1 aromatic carbocycles. The molecule has 0 radical (unpaired) electrons. The molecule has 0 aliphatic heterocycles. The second-order valence-electron chi connectivity index (χ2n) is 5.01. The zero-order chi connectivity index (χ0) is 13.4. The van der Waals surface area contributed by atoms with E-state index in [1.807, 2.05) is 25.1 Å². The lowest BCUT2D eigenvalue weighted by Gasteiger charge is -2.19. The third-order valence-electron chi connectivity index (χ3n) is 3.46. The van der Waals surface area contributed by atoms with E-state index in [1.165, 1.54) is 5.56 Å². The standard InChI is InChI=1S/C16H15NO2/c1-10(2)16-17-15-13(18)8-12(9-14(15)19-16)11-6-4-3-5-7-11/h3-7,12H,1,8-9H2,2H3. The lowest BCUT2D eigenvalue weighted by Crippen LogP contribution is -2.18. The number of aromatic nitrogens is 1. The van der Waals surface area contributed by atoms with Crippen molar-refractivity contribution in [3.63, 3.8) is 0 Å². The van der Waals surface area contributed by atoms with Crippen LogP contribution in [0.3, 0.4) is 0 Å². The summed E-state index contributed by atoms with van der Waals surface area (Å²) in [4.78, 5) is 16.4. The molecule has 1 atom stereocenters. The highest BCUT2D eigenvalue weighted by Gasteiger charge is 2.31. The van der Waals surface area contributed by atoms with Crippen molar-refractivity contribution in [3.05, 3.63) is 59.8 Å². The van der Waals surface area contributed by atoms with Gasteiger partial charge in [0.25, 0.3) is 0 Å². The van der Waals surface area contributed by atoms with Crippen LogP contribution in [0.4, 0.5) is 0 Å². The molecule has 0 N–H and O–H groups in total. The molecular formula is C16H15NO2. The Morgan fingerprint density at radius 3 is 2.74 bits per heavy atom. The van der Waals surface area contributed by atoms with Crippen LogP contribution in [-0.4, -0.2) is 10.8 Å². The third-order valence-corrected chi connectivity index (χ3v) is 3.46. The van der Waals surface area contributed by atoms with Crippen molar-refractivity contribution in [2.24, 2.45) is 0 Å². The minimum absolute atomic E-state index is 0.0614. The molecule has 19 heavy (non-hydrogen) atoms. The van der Waals surface area contributed by atoms with Gasteiger partial charge in [0.1, 0.15) is 11.5 Å². The number of allylic oxidation sites excluding steroid dienone is 1. The largest absolute Gasteiger partial charge is 0.441 e. The van der Waals surface area contributed by atoms with E-state index < -0.39 is 0 Å². The van der Waals surface area contributed by atoms with Gasteiger partial charge in [0, 0.05) is 18.4 Å². The van der Waals surface area contributed by atoms with Gasteiger partial charge in [-0.3, -0.25) is 4.79 Å². The van der Waals surface area contributed by atoms with E-state index in [1.54, 1.807) is 0 Å². The van der Waals surface area contributed by atoms with Gasteiger partial charge in [-0.1, -0.05) is 36.9 Å². The van der Waals surface area contributed by atoms with E-state index in [4.69, 9.17) is 4.42 Å². The van der Waals surface area contributed by atoms with Crippen LogP contribution < -0.4 is 0 Å². The van der Waals surface area contributed by atoms with Gasteiger partial charge in [0.05, 0.1) is 0 Å². The molecular weight excluding hydrogens is 238 g/mol. The maximum Gasteiger partial charge on any atom is 0.221 e. The Bertz CT molecular complexity index is 640. The number of oxazole rings is 1. The molecule has 3 nitrogen and oxygen atoms in total. The van der Waals surface area contributed by atoms with Crippen molar-refractivity contribution in [1.29, 1.82) is 0 Å². The SMILES string of the molecule is C=C(C)c1nc2c(o1)CC(c1ccccc1)CC2=O. The molecule has 0 amide bonds. The first-order valence-electron chi connectivity index (χ1n) is 6.39. The van der Waals surface area contributed by atoms with Gasteiger partial charge in [-0.2, -0.15) is 0 Å². The van der Waals surface area contributed by atoms with Crippen molar-refractivity contribution in [2.75, 3.05) is 0 Å². The van der Waals surface area contributed by atoms with Gasteiger partial charge in [-0.15, -0.1) is 0 Å². The molecule has 3 rings (SSSR count). The Morgan fingerprint density at radius 2 is 2.05 bits per heavy atom. The summed E-state index contributed by atoms with van der Waals surface area (Å²) in [5.74, 6) is 1.42. The molecule has 96 valence electrons. The number of Topliss-reactive ketones (excluding diaryl/α,β-unsaturated/α-hetero) is 1. The van der Waals surface area contributed by atoms with E-state index in [2.05, 4.69) is 23.7 Å². The molecule has 0 saturated carbocycles. The summed E-state index contributed by atoms with van der Waals surface area (Å²) < 4.78 is 5.66. The highest BCUT2D eigenvalue weighted by atomic mass is 16.4. The van der Waals surface area contributed by atoms with E-state index in [-0.39, 0.29) is 11.7 Å². The number of rotatable bonds is 2. The van der Waals surface area contributed by atoms with Gasteiger partial charge in [-0.25, -0.2) is 4.98 Å². The van der Waals surface area contributed by atoms with Crippen LogP contribution in [0.5, 0.6) is 0 Å². The quantitative estimate of drug-likeness (QED) is 0.821. The Balaban J connectivity index is 1.96. The smallest absolute Gasteiger partial charge is 0.221 e. The van der Waals surface area contributed by atoms with Crippen molar-refractivity contribution >= 4 is 11.4 Å². The summed E-state index contributed by atoms with van der Waals surface area (Å²) in [5, 5.41) is 0. The minimum atomic E-state index is 0.0614.